The fourth-order valence-corrected chi connectivity index (χ4v) is 1.88. The van der Waals surface area contributed by atoms with Gasteiger partial charge in [-0.15, -0.1) is 0 Å². The third-order valence-corrected chi connectivity index (χ3v) is 2.95. The first-order valence-electron chi connectivity index (χ1n) is 6.48. The number of benzene rings is 1. The molecule has 4 heteroatoms. The normalized spacial score (nSPS) is 10.6. The molecule has 1 aromatic heterocycles. The van der Waals surface area contributed by atoms with Gasteiger partial charge in [0.05, 0.1) is 6.54 Å². The van der Waals surface area contributed by atoms with Gasteiger partial charge in [0.25, 0.3) is 5.56 Å². The number of aromatic nitrogens is 1. The molecule has 0 aliphatic carbocycles. The van der Waals surface area contributed by atoms with Crippen molar-refractivity contribution in [3.63, 3.8) is 0 Å². The highest BCUT2D eigenvalue weighted by Crippen LogP contribution is 2.02. The average Bonchev–Trinajstić information content (AvgIpc) is 2.42. The first kappa shape index (κ1) is 13.3. The molecular weight excluding hydrogens is 242 g/mol. The molecule has 4 nitrogen and oxygen atoms in total. The molecule has 2 aromatic rings. The topological polar surface area (TPSA) is 52.2 Å². The summed E-state index contributed by atoms with van der Waals surface area (Å²) in [6.45, 7) is 2.30. The second-order valence-corrected chi connectivity index (χ2v) is 4.49. The van der Waals surface area contributed by atoms with E-state index in [1.54, 1.807) is 0 Å². The SMILES string of the molecule is CCCCc1cc(=O)n(Cc2ccccc2)c(=O)o1. The first-order valence-corrected chi connectivity index (χ1v) is 6.48. The predicted octanol–water partition coefficient (Wildman–Crippen LogP) is 2.19. The van der Waals surface area contributed by atoms with Crippen LogP contribution in [-0.4, -0.2) is 4.57 Å². The molecule has 0 spiro atoms. The van der Waals surface area contributed by atoms with Crippen LogP contribution >= 0.6 is 0 Å². The van der Waals surface area contributed by atoms with Crippen molar-refractivity contribution in [2.75, 3.05) is 0 Å². The van der Waals surface area contributed by atoms with Crippen LogP contribution in [0.1, 0.15) is 31.1 Å². The van der Waals surface area contributed by atoms with E-state index in [-0.39, 0.29) is 12.1 Å². The lowest BCUT2D eigenvalue weighted by Gasteiger charge is -2.05. The molecule has 2 rings (SSSR count). The van der Waals surface area contributed by atoms with E-state index in [2.05, 4.69) is 6.92 Å². The molecule has 100 valence electrons. The smallest absolute Gasteiger partial charge is 0.414 e. The van der Waals surface area contributed by atoms with Crippen LogP contribution in [0.3, 0.4) is 0 Å². The van der Waals surface area contributed by atoms with Crippen LogP contribution in [0.15, 0.2) is 50.4 Å². The van der Waals surface area contributed by atoms with Crippen molar-refractivity contribution in [2.24, 2.45) is 0 Å². The van der Waals surface area contributed by atoms with Crippen LogP contribution in [0, 0.1) is 0 Å². The summed E-state index contributed by atoms with van der Waals surface area (Å²) in [6.07, 6.45) is 2.54. The van der Waals surface area contributed by atoms with Crippen molar-refractivity contribution >= 4 is 0 Å². The summed E-state index contributed by atoms with van der Waals surface area (Å²) in [5, 5.41) is 0. The van der Waals surface area contributed by atoms with Gasteiger partial charge in [0, 0.05) is 12.5 Å². The van der Waals surface area contributed by atoms with Crippen LogP contribution in [-0.2, 0) is 13.0 Å². The summed E-state index contributed by atoms with van der Waals surface area (Å²) in [6, 6.07) is 10.8. The molecule has 0 saturated heterocycles. The largest absolute Gasteiger partial charge is 0.422 e. The molecule has 0 unspecified atom stereocenters. The van der Waals surface area contributed by atoms with E-state index in [9.17, 15) is 9.59 Å². The second-order valence-electron chi connectivity index (χ2n) is 4.49. The van der Waals surface area contributed by atoms with Gasteiger partial charge < -0.3 is 4.42 Å². The van der Waals surface area contributed by atoms with E-state index < -0.39 is 5.76 Å². The van der Waals surface area contributed by atoms with Gasteiger partial charge in [0.2, 0.25) is 0 Å². The van der Waals surface area contributed by atoms with Gasteiger partial charge in [-0.25, -0.2) is 9.36 Å². The van der Waals surface area contributed by atoms with Crippen molar-refractivity contribution < 1.29 is 4.42 Å². The summed E-state index contributed by atoms with van der Waals surface area (Å²) in [5.74, 6) is -0.108. The third kappa shape index (κ3) is 3.44. The summed E-state index contributed by atoms with van der Waals surface area (Å²) in [7, 11) is 0. The Kier molecular flexibility index (Phi) is 4.34. The quantitative estimate of drug-likeness (QED) is 0.827. The summed E-state index contributed by atoms with van der Waals surface area (Å²) in [5.41, 5.74) is 0.601. The van der Waals surface area contributed by atoms with Crippen molar-refractivity contribution in [3.05, 3.63) is 68.6 Å². The minimum Gasteiger partial charge on any atom is -0.414 e. The minimum atomic E-state index is -0.581. The zero-order chi connectivity index (χ0) is 13.7. The maximum absolute atomic E-state index is 11.9. The highest BCUT2D eigenvalue weighted by Gasteiger charge is 2.07. The number of nitrogens with zero attached hydrogens (tertiary/aromatic N) is 1. The summed E-state index contributed by atoms with van der Waals surface area (Å²) >= 11 is 0. The van der Waals surface area contributed by atoms with Crippen LogP contribution in [0.5, 0.6) is 0 Å². The predicted molar refractivity (Wildman–Crippen MR) is 73.4 cm³/mol. The van der Waals surface area contributed by atoms with Crippen LogP contribution < -0.4 is 11.3 Å². The summed E-state index contributed by atoms with van der Waals surface area (Å²) in [4.78, 5) is 23.8. The monoisotopic (exact) mass is 259 g/mol. The maximum atomic E-state index is 11.9. The summed E-state index contributed by atoms with van der Waals surface area (Å²) < 4.78 is 6.29. The van der Waals surface area contributed by atoms with Crippen LogP contribution in [0.4, 0.5) is 0 Å². The molecule has 1 aromatic carbocycles. The molecule has 0 radical (unpaired) electrons. The lowest BCUT2D eigenvalue weighted by atomic mass is 10.2. The fourth-order valence-electron chi connectivity index (χ4n) is 1.88. The minimum absolute atomic E-state index is 0.246. The molecule has 0 fully saturated rings. The standard InChI is InChI=1S/C15H17NO3/c1-2-3-9-13-10-14(17)16(15(18)19-13)11-12-7-5-4-6-8-12/h4-8,10H,2-3,9,11H2,1H3. The second kappa shape index (κ2) is 6.18. The van der Waals surface area contributed by atoms with E-state index in [1.807, 2.05) is 30.3 Å². The number of unbranched alkanes of at least 4 members (excludes halogenated alkanes) is 1. The molecule has 0 atom stereocenters. The Balaban J connectivity index is 2.27. The lowest BCUT2D eigenvalue weighted by Crippen LogP contribution is -2.33. The Labute approximate surface area is 111 Å². The van der Waals surface area contributed by atoms with Crippen molar-refractivity contribution in [1.29, 1.82) is 0 Å². The zero-order valence-electron chi connectivity index (χ0n) is 11.0. The number of rotatable bonds is 5. The number of hydrogen-bond acceptors (Lipinski definition) is 3. The molecule has 0 aliphatic heterocycles. The Hall–Kier alpha value is -2.10. The van der Waals surface area contributed by atoms with Crippen molar-refractivity contribution in [1.82, 2.24) is 4.57 Å². The molecule has 1 heterocycles. The van der Waals surface area contributed by atoms with E-state index in [0.717, 1.165) is 23.0 Å². The van der Waals surface area contributed by atoms with Crippen molar-refractivity contribution in [3.8, 4) is 0 Å². The highest BCUT2D eigenvalue weighted by atomic mass is 16.4. The molecule has 19 heavy (non-hydrogen) atoms. The van der Waals surface area contributed by atoms with Gasteiger partial charge in [0.1, 0.15) is 5.76 Å². The highest BCUT2D eigenvalue weighted by molar-refractivity contribution is 5.15. The Morgan fingerprint density at radius 3 is 2.53 bits per heavy atom. The fraction of sp³-hybridized carbons (Fsp3) is 0.333. The van der Waals surface area contributed by atoms with Gasteiger partial charge in [-0.3, -0.25) is 4.79 Å². The molecule has 0 saturated carbocycles. The third-order valence-electron chi connectivity index (χ3n) is 2.95. The molecule has 0 N–H and O–H groups in total. The Bertz CT molecular complexity index is 609. The maximum Gasteiger partial charge on any atom is 0.422 e. The van der Waals surface area contributed by atoms with Crippen LogP contribution in [0.2, 0.25) is 0 Å². The lowest BCUT2D eigenvalue weighted by molar-refractivity contribution is 0.391. The van der Waals surface area contributed by atoms with Crippen LogP contribution in [0.25, 0.3) is 0 Å². The van der Waals surface area contributed by atoms with E-state index in [1.165, 1.54) is 6.07 Å². The zero-order valence-corrected chi connectivity index (χ0v) is 11.0. The Morgan fingerprint density at radius 1 is 1.16 bits per heavy atom. The number of hydrogen-bond donors (Lipinski definition) is 0. The van der Waals surface area contributed by atoms with Gasteiger partial charge >= 0.3 is 5.76 Å². The first-order chi connectivity index (χ1) is 9.20. The number of aryl methyl sites for hydroxylation is 1. The van der Waals surface area contributed by atoms with Crippen molar-refractivity contribution in [2.45, 2.75) is 32.7 Å². The van der Waals surface area contributed by atoms with E-state index >= 15 is 0 Å². The van der Waals surface area contributed by atoms with E-state index in [0.29, 0.717) is 12.2 Å². The molecule has 0 aliphatic rings. The van der Waals surface area contributed by atoms with Gasteiger partial charge in [-0.1, -0.05) is 43.7 Å². The van der Waals surface area contributed by atoms with Gasteiger partial charge in [-0.05, 0) is 12.0 Å². The molecule has 0 bridgehead atoms. The van der Waals surface area contributed by atoms with Gasteiger partial charge in [-0.2, -0.15) is 0 Å². The van der Waals surface area contributed by atoms with Gasteiger partial charge in [0.15, 0.2) is 0 Å². The average molecular weight is 259 g/mol. The van der Waals surface area contributed by atoms with E-state index in [4.69, 9.17) is 4.42 Å². The Morgan fingerprint density at radius 2 is 1.89 bits per heavy atom. The molecular formula is C15H17NO3. The molecule has 0 amide bonds.